The Bertz CT molecular complexity index is 855. The molecule has 1 aliphatic carbocycles. The number of anilines is 1. The zero-order chi connectivity index (χ0) is 16.0. The van der Waals surface area contributed by atoms with Gasteiger partial charge in [-0.25, -0.2) is 0 Å². The molecule has 4 nitrogen and oxygen atoms in total. The van der Waals surface area contributed by atoms with Crippen LogP contribution in [0.3, 0.4) is 0 Å². The minimum absolute atomic E-state index is 0.109. The Balaban J connectivity index is 2.29. The van der Waals surface area contributed by atoms with Crippen LogP contribution in [-0.2, 0) is 4.79 Å². The summed E-state index contributed by atoms with van der Waals surface area (Å²) < 4.78 is 0. The predicted octanol–water partition coefficient (Wildman–Crippen LogP) is 3.38. The molecule has 1 aliphatic rings. The highest BCUT2D eigenvalue weighted by Gasteiger charge is 2.33. The lowest BCUT2D eigenvalue weighted by molar-refractivity contribution is -0.114. The summed E-state index contributed by atoms with van der Waals surface area (Å²) in [5, 5.41) is 2.73. The molecule has 0 unspecified atom stereocenters. The van der Waals surface area contributed by atoms with Crippen LogP contribution in [-0.4, -0.2) is 17.5 Å². The van der Waals surface area contributed by atoms with Gasteiger partial charge in [0.2, 0.25) is 5.91 Å². The lowest BCUT2D eigenvalue weighted by Gasteiger charge is -2.21. The van der Waals surface area contributed by atoms with E-state index >= 15 is 0 Å². The normalized spacial score (nSPS) is 12.7. The van der Waals surface area contributed by atoms with E-state index in [1.165, 1.54) is 6.92 Å². The topological polar surface area (TPSA) is 63.2 Å². The van der Waals surface area contributed by atoms with Crippen molar-refractivity contribution >= 4 is 34.8 Å². The van der Waals surface area contributed by atoms with Crippen LogP contribution in [0.2, 0.25) is 5.02 Å². The lowest BCUT2D eigenvalue weighted by atomic mass is 9.83. The van der Waals surface area contributed by atoms with Gasteiger partial charge in [-0.15, -0.1) is 0 Å². The molecule has 0 aromatic heterocycles. The zero-order valence-electron chi connectivity index (χ0n) is 12.0. The molecule has 0 spiro atoms. The van der Waals surface area contributed by atoms with Crippen LogP contribution in [0, 0.1) is 6.92 Å². The second kappa shape index (κ2) is 5.07. The molecule has 5 heteroatoms. The van der Waals surface area contributed by atoms with Gasteiger partial charge in [0.1, 0.15) is 0 Å². The van der Waals surface area contributed by atoms with Crippen molar-refractivity contribution in [3.63, 3.8) is 0 Å². The van der Waals surface area contributed by atoms with E-state index < -0.39 is 0 Å². The van der Waals surface area contributed by atoms with Gasteiger partial charge in [0.25, 0.3) is 0 Å². The first-order valence-corrected chi connectivity index (χ1v) is 7.08. The standard InChI is InChI=1S/C17H12ClNO3/c1-8-7-12-13(14(18)15(8)19-9(2)20)17(22)11-6-4-3-5-10(11)16(12)21/h3-7H,1-2H3,(H,19,20). The van der Waals surface area contributed by atoms with Crippen molar-refractivity contribution in [3.05, 3.63) is 63.2 Å². The van der Waals surface area contributed by atoms with Crippen molar-refractivity contribution in [2.75, 3.05) is 5.32 Å². The quantitative estimate of drug-likeness (QED) is 0.749. The van der Waals surface area contributed by atoms with Crippen LogP contribution >= 0.6 is 11.6 Å². The Kier molecular flexibility index (Phi) is 3.34. The molecule has 1 amide bonds. The van der Waals surface area contributed by atoms with Crippen LogP contribution < -0.4 is 5.32 Å². The van der Waals surface area contributed by atoms with Gasteiger partial charge >= 0.3 is 0 Å². The second-order valence-corrected chi connectivity index (χ2v) is 5.57. The monoisotopic (exact) mass is 313 g/mol. The third-order valence-corrected chi connectivity index (χ3v) is 4.03. The van der Waals surface area contributed by atoms with E-state index in [1.807, 2.05) is 0 Å². The number of halogens is 1. The number of nitrogens with one attached hydrogen (secondary N) is 1. The molecule has 0 radical (unpaired) electrons. The van der Waals surface area contributed by atoms with E-state index in [-0.39, 0.29) is 33.6 Å². The number of hydrogen-bond acceptors (Lipinski definition) is 3. The molecule has 2 aromatic rings. The first-order valence-electron chi connectivity index (χ1n) is 6.71. The number of ketones is 2. The second-order valence-electron chi connectivity index (χ2n) is 5.19. The fourth-order valence-electron chi connectivity index (χ4n) is 2.67. The molecule has 0 saturated carbocycles. The molecular weight excluding hydrogens is 302 g/mol. The molecule has 22 heavy (non-hydrogen) atoms. The summed E-state index contributed by atoms with van der Waals surface area (Å²) in [4.78, 5) is 36.6. The number of carbonyl (C=O) groups is 3. The Hall–Kier alpha value is -2.46. The SMILES string of the molecule is CC(=O)Nc1c(C)cc2c(c1Cl)C(=O)c1ccccc1C2=O. The van der Waals surface area contributed by atoms with Crippen molar-refractivity contribution in [3.8, 4) is 0 Å². The summed E-state index contributed by atoms with van der Waals surface area (Å²) in [6.07, 6.45) is 0. The number of rotatable bonds is 1. The lowest BCUT2D eigenvalue weighted by Crippen LogP contribution is -2.22. The average Bonchev–Trinajstić information content (AvgIpc) is 2.48. The first-order chi connectivity index (χ1) is 10.4. The molecule has 0 bridgehead atoms. The van der Waals surface area contributed by atoms with Crippen molar-refractivity contribution in [2.24, 2.45) is 0 Å². The maximum atomic E-state index is 12.7. The van der Waals surface area contributed by atoms with Gasteiger partial charge < -0.3 is 5.32 Å². The predicted molar refractivity (Wildman–Crippen MR) is 83.8 cm³/mol. The molecule has 1 N–H and O–H groups in total. The summed E-state index contributed by atoms with van der Waals surface area (Å²) in [5.74, 6) is -0.827. The molecule has 0 fully saturated rings. The molecule has 0 heterocycles. The van der Waals surface area contributed by atoms with Crippen molar-refractivity contribution in [1.29, 1.82) is 0 Å². The Labute approximate surface area is 132 Å². The largest absolute Gasteiger partial charge is 0.325 e. The summed E-state index contributed by atoms with van der Waals surface area (Å²) in [6, 6.07) is 8.25. The summed E-state index contributed by atoms with van der Waals surface area (Å²) in [6.45, 7) is 3.09. The Morgan fingerprint density at radius 1 is 1.05 bits per heavy atom. The third-order valence-electron chi connectivity index (χ3n) is 3.65. The van der Waals surface area contributed by atoms with E-state index in [2.05, 4.69) is 5.32 Å². The summed E-state index contributed by atoms with van der Waals surface area (Å²) in [7, 11) is 0. The molecular formula is C17H12ClNO3. The van der Waals surface area contributed by atoms with E-state index in [0.29, 0.717) is 22.4 Å². The van der Waals surface area contributed by atoms with Crippen molar-refractivity contribution in [1.82, 2.24) is 0 Å². The molecule has 3 rings (SSSR count). The van der Waals surface area contributed by atoms with Crippen molar-refractivity contribution < 1.29 is 14.4 Å². The maximum Gasteiger partial charge on any atom is 0.221 e. The van der Waals surface area contributed by atoms with Gasteiger partial charge in [0, 0.05) is 23.6 Å². The summed E-state index contributed by atoms with van der Waals surface area (Å²) >= 11 is 6.31. The van der Waals surface area contributed by atoms with Crippen LogP contribution in [0.1, 0.15) is 44.3 Å². The average molecular weight is 314 g/mol. The van der Waals surface area contributed by atoms with E-state index in [9.17, 15) is 14.4 Å². The fraction of sp³-hybridized carbons (Fsp3) is 0.118. The molecule has 0 atom stereocenters. The zero-order valence-corrected chi connectivity index (χ0v) is 12.7. The van der Waals surface area contributed by atoms with Gasteiger partial charge in [-0.1, -0.05) is 35.9 Å². The van der Waals surface area contributed by atoms with E-state index in [0.717, 1.165) is 0 Å². The molecule has 2 aromatic carbocycles. The number of amides is 1. The van der Waals surface area contributed by atoms with Gasteiger partial charge in [-0.05, 0) is 18.6 Å². The maximum absolute atomic E-state index is 12.7. The highest BCUT2D eigenvalue weighted by atomic mass is 35.5. The Morgan fingerprint density at radius 3 is 2.23 bits per heavy atom. The number of hydrogen-bond donors (Lipinski definition) is 1. The minimum Gasteiger partial charge on any atom is -0.325 e. The first kappa shape index (κ1) is 14.5. The van der Waals surface area contributed by atoms with Crippen LogP contribution in [0.25, 0.3) is 0 Å². The van der Waals surface area contributed by atoms with Gasteiger partial charge in [0.15, 0.2) is 11.6 Å². The smallest absolute Gasteiger partial charge is 0.221 e. The van der Waals surface area contributed by atoms with Crippen LogP contribution in [0.5, 0.6) is 0 Å². The van der Waals surface area contributed by atoms with Gasteiger partial charge in [-0.3, -0.25) is 14.4 Å². The van der Waals surface area contributed by atoms with Crippen LogP contribution in [0.15, 0.2) is 30.3 Å². The molecule has 0 aliphatic heterocycles. The fourth-order valence-corrected chi connectivity index (χ4v) is 3.05. The number of aryl methyl sites for hydroxylation is 1. The van der Waals surface area contributed by atoms with E-state index in [1.54, 1.807) is 37.3 Å². The highest BCUT2D eigenvalue weighted by Crippen LogP contribution is 2.38. The van der Waals surface area contributed by atoms with Gasteiger partial charge in [0.05, 0.1) is 16.3 Å². The van der Waals surface area contributed by atoms with Gasteiger partial charge in [-0.2, -0.15) is 0 Å². The number of carbonyl (C=O) groups excluding carboxylic acids is 3. The molecule has 110 valence electrons. The molecule has 0 saturated heterocycles. The number of fused-ring (bicyclic) bond motifs is 2. The number of benzene rings is 2. The summed E-state index contributed by atoms with van der Waals surface area (Å²) in [5.41, 5.74) is 2.15. The van der Waals surface area contributed by atoms with E-state index in [4.69, 9.17) is 11.6 Å². The highest BCUT2D eigenvalue weighted by molar-refractivity contribution is 6.41. The Morgan fingerprint density at radius 2 is 1.64 bits per heavy atom. The van der Waals surface area contributed by atoms with Crippen molar-refractivity contribution in [2.45, 2.75) is 13.8 Å². The van der Waals surface area contributed by atoms with Crippen LogP contribution in [0.4, 0.5) is 5.69 Å². The third kappa shape index (κ3) is 2.04. The minimum atomic E-state index is -0.304.